The maximum atomic E-state index is 13.6. The van der Waals surface area contributed by atoms with E-state index in [0.717, 1.165) is 14.2 Å². The Morgan fingerprint density at radius 1 is 0.675 bits per heavy atom. The molecule has 3 atom stereocenters. The molecular formula is C24H38F6O10. The molecule has 0 aromatic carbocycles. The number of carboxylic acid groups (broad SMARTS) is 1. The molecule has 0 fully saturated rings. The third kappa shape index (κ3) is 12.5. The molecule has 0 aliphatic heterocycles. The highest BCUT2D eigenvalue weighted by Crippen LogP contribution is 2.29. The van der Waals surface area contributed by atoms with Crippen LogP contribution in [0, 0.1) is 17.8 Å². The topological polar surface area (TPSA) is 157 Å². The zero-order valence-corrected chi connectivity index (χ0v) is 23.6. The zero-order chi connectivity index (χ0) is 33.0. The number of methoxy groups -OCH3 is 2. The molecule has 0 saturated carbocycles. The van der Waals surface area contributed by atoms with Gasteiger partial charge in [-0.1, -0.05) is 48.1 Å². The van der Waals surface area contributed by atoms with Gasteiger partial charge in [0, 0.05) is 5.57 Å². The number of rotatable bonds is 11. The molecule has 0 radical (unpaired) electrons. The summed E-state index contributed by atoms with van der Waals surface area (Å²) in [5.41, 5.74) is -0.0173. The molecular weight excluding hydrogens is 562 g/mol. The number of hydrogen-bond donors (Lipinski definition) is 3. The van der Waals surface area contributed by atoms with E-state index >= 15 is 0 Å². The molecule has 40 heavy (non-hydrogen) atoms. The third-order valence-electron chi connectivity index (χ3n) is 4.75. The van der Waals surface area contributed by atoms with Gasteiger partial charge in [-0.3, -0.25) is 0 Å². The Morgan fingerprint density at radius 2 is 1.00 bits per heavy atom. The largest absolute Gasteiger partial charge is 0.477 e. The second-order valence-electron chi connectivity index (χ2n) is 9.39. The molecule has 0 aliphatic carbocycles. The first kappa shape index (κ1) is 41.6. The van der Waals surface area contributed by atoms with E-state index in [1.807, 2.05) is 0 Å². The van der Waals surface area contributed by atoms with E-state index in [-0.39, 0.29) is 5.57 Å². The van der Waals surface area contributed by atoms with Gasteiger partial charge in [-0.15, -0.1) is 0 Å². The Balaban J connectivity index is -0.000000530. The van der Waals surface area contributed by atoms with Crippen LogP contribution >= 0.6 is 0 Å². The number of halogens is 6. The Hall–Kier alpha value is -2.88. The lowest BCUT2D eigenvalue weighted by Crippen LogP contribution is -2.47. The van der Waals surface area contributed by atoms with Crippen molar-refractivity contribution in [2.75, 3.05) is 14.2 Å². The molecule has 3 unspecified atom stereocenters. The normalized spacial score (nSPS) is 14.1. The molecule has 3 N–H and O–H groups in total. The Kier molecular flexibility index (Phi) is 17.7. The van der Waals surface area contributed by atoms with Crippen molar-refractivity contribution < 1.29 is 75.1 Å². The van der Waals surface area contributed by atoms with Crippen molar-refractivity contribution in [1.29, 1.82) is 0 Å². The van der Waals surface area contributed by atoms with Gasteiger partial charge in [-0.2, -0.15) is 26.3 Å². The average Bonchev–Trinajstić information content (AvgIpc) is 2.84. The number of aliphatic hydroxyl groups excluding tert-OH is 2. The lowest BCUT2D eigenvalue weighted by Gasteiger charge is -2.27. The molecule has 16 heteroatoms. The van der Waals surface area contributed by atoms with Gasteiger partial charge in [0.25, 0.3) is 0 Å². The van der Waals surface area contributed by atoms with Gasteiger partial charge in [0.1, 0.15) is 12.2 Å². The third-order valence-corrected chi connectivity index (χ3v) is 4.75. The Labute approximate surface area is 228 Å². The lowest BCUT2D eigenvalue weighted by atomic mass is 10.0. The molecule has 0 bridgehead atoms. The number of aliphatic hydroxyl groups is 2. The van der Waals surface area contributed by atoms with Crippen molar-refractivity contribution in [2.45, 2.75) is 84.5 Å². The smallest absolute Gasteiger partial charge is 0.380 e. The van der Waals surface area contributed by atoms with Crippen LogP contribution in [0.1, 0.15) is 48.5 Å². The first-order valence-corrected chi connectivity index (χ1v) is 11.5. The zero-order valence-electron chi connectivity index (χ0n) is 23.6. The summed E-state index contributed by atoms with van der Waals surface area (Å²) in [5.74, 6) is -20.7. The summed E-state index contributed by atoms with van der Waals surface area (Å²) in [6.45, 7) is 12.9. The molecule has 0 heterocycles. The highest BCUT2D eigenvalue weighted by molar-refractivity contribution is 5.88. The minimum absolute atomic E-state index is 0.0173. The maximum absolute atomic E-state index is 13.6. The van der Waals surface area contributed by atoms with E-state index in [2.05, 4.69) is 20.8 Å². The summed E-state index contributed by atoms with van der Waals surface area (Å²) < 4.78 is 89.7. The van der Waals surface area contributed by atoms with Crippen molar-refractivity contribution in [3.8, 4) is 0 Å². The van der Waals surface area contributed by atoms with Crippen molar-refractivity contribution in [1.82, 2.24) is 0 Å². The molecule has 10 nitrogen and oxygen atoms in total. The number of hydrogen-bond acceptors (Lipinski definition) is 9. The van der Waals surface area contributed by atoms with Gasteiger partial charge in [-0.05, 0) is 24.7 Å². The highest BCUT2D eigenvalue weighted by Gasteiger charge is 2.53. The van der Waals surface area contributed by atoms with E-state index in [1.165, 1.54) is 48.5 Å². The van der Waals surface area contributed by atoms with Gasteiger partial charge < -0.3 is 29.5 Å². The van der Waals surface area contributed by atoms with Crippen LogP contribution in [-0.4, -0.2) is 89.5 Å². The number of ether oxygens (including phenoxy) is 3. The molecule has 0 saturated heterocycles. The van der Waals surface area contributed by atoms with Crippen molar-refractivity contribution in [3.05, 3.63) is 12.2 Å². The number of aliphatic carboxylic acids is 1. The first-order chi connectivity index (χ1) is 17.8. The van der Waals surface area contributed by atoms with Crippen LogP contribution in [0.2, 0.25) is 0 Å². The molecule has 0 rings (SSSR count). The van der Waals surface area contributed by atoms with Crippen LogP contribution in [0.4, 0.5) is 26.3 Å². The summed E-state index contributed by atoms with van der Waals surface area (Å²) in [5, 5.41) is 25.5. The summed E-state index contributed by atoms with van der Waals surface area (Å²) in [6.07, 6.45) is -6.00. The van der Waals surface area contributed by atoms with Crippen LogP contribution in [0.15, 0.2) is 12.2 Å². The standard InChI is InChI=1S/C11H16F2O4.C7H12F2O3.C6H10F2O3/c1-6(2)8(17-9(14)7(3)4)11(12,13)10(15)16-5;1-4(2)5(10)7(8,9)6(11)12-3;1-3(2)4(9)6(7,8)5(10)11/h6,8H,3H2,1-2,4-5H3;4-5,10H,1-3H3;3-4,9H,1-2H3,(H,10,11). The Bertz CT molecular complexity index is 859. The van der Waals surface area contributed by atoms with Gasteiger partial charge in [0.2, 0.25) is 0 Å². The number of esters is 3. The fraction of sp³-hybridized carbons (Fsp3) is 0.750. The SMILES string of the molecule is C=C(C)C(=O)OC(C(C)C)C(F)(F)C(=O)OC.CC(C)C(O)C(F)(F)C(=O)O.COC(=O)C(F)(F)C(O)C(C)C. The van der Waals surface area contributed by atoms with E-state index in [9.17, 15) is 45.5 Å². The molecule has 236 valence electrons. The van der Waals surface area contributed by atoms with E-state index in [4.69, 9.17) is 15.3 Å². The summed E-state index contributed by atoms with van der Waals surface area (Å²) in [7, 11) is 1.69. The average molecular weight is 601 g/mol. The van der Waals surface area contributed by atoms with Gasteiger partial charge in [-0.25, -0.2) is 19.2 Å². The van der Waals surface area contributed by atoms with Gasteiger partial charge in [0.05, 0.1) is 14.2 Å². The van der Waals surface area contributed by atoms with Gasteiger partial charge >= 0.3 is 41.6 Å². The molecule has 0 amide bonds. The van der Waals surface area contributed by atoms with E-state index < -0.39 is 77.7 Å². The number of alkyl halides is 6. The molecule has 0 aromatic heterocycles. The number of carbonyl (C=O) groups is 4. The van der Waals surface area contributed by atoms with Crippen LogP contribution in [0.3, 0.4) is 0 Å². The summed E-state index contributed by atoms with van der Waals surface area (Å²) in [4.78, 5) is 42.5. The fourth-order valence-electron chi connectivity index (χ4n) is 2.32. The second kappa shape index (κ2) is 17.0. The number of carbonyl (C=O) groups excluding carboxylic acids is 3. The van der Waals surface area contributed by atoms with Crippen LogP contribution in [0.25, 0.3) is 0 Å². The summed E-state index contributed by atoms with van der Waals surface area (Å²) in [6, 6.07) is 0. The van der Waals surface area contributed by atoms with Crippen LogP contribution in [-0.2, 0) is 33.4 Å². The molecule has 0 aromatic rings. The predicted octanol–water partition coefficient (Wildman–Crippen LogP) is 3.47. The Morgan fingerprint density at radius 3 is 1.23 bits per heavy atom. The minimum Gasteiger partial charge on any atom is -0.477 e. The lowest BCUT2D eigenvalue weighted by molar-refractivity contribution is -0.200. The summed E-state index contributed by atoms with van der Waals surface area (Å²) >= 11 is 0. The maximum Gasteiger partial charge on any atom is 0.380 e. The quantitative estimate of drug-likeness (QED) is 0.139. The molecule has 0 spiro atoms. The molecule has 0 aliphatic rings. The van der Waals surface area contributed by atoms with Crippen molar-refractivity contribution in [2.24, 2.45) is 17.8 Å². The first-order valence-electron chi connectivity index (χ1n) is 11.5. The van der Waals surface area contributed by atoms with Gasteiger partial charge in [0.15, 0.2) is 6.10 Å². The minimum atomic E-state index is -4.05. The monoisotopic (exact) mass is 600 g/mol. The number of carboxylic acids is 1. The fourth-order valence-corrected chi connectivity index (χ4v) is 2.32. The van der Waals surface area contributed by atoms with Crippen molar-refractivity contribution in [3.63, 3.8) is 0 Å². The highest BCUT2D eigenvalue weighted by atomic mass is 19.3. The predicted molar refractivity (Wildman–Crippen MR) is 128 cm³/mol. The van der Waals surface area contributed by atoms with Crippen molar-refractivity contribution >= 4 is 23.9 Å². The second-order valence-corrected chi connectivity index (χ2v) is 9.39. The van der Waals surface area contributed by atoms with E-state index in [0.29, 0.717) is 0 Å². The van der Waals surface area contributed by atoms with Crippen LogP contribution < -0.4 is 0 Å². The van der Waals surface area contributed by atoms with E-state index in [1.54, 1.807) is 0 Å². The van der Waals surface area contributed by atoms with Crippen LogP contribution in [0.5, 0.6) is 0 Å².